The standard InChI is InChI=1S/C28H34FN3O6S/c29-23-8-2-1-7-22(23)28(11-3-4-12-28)27(34)38-20-26(33)30-24-19-21(9-10-25(24)31-13-5-6-14-31)39(35,36)32-15-17-37-18-16-32/h1-2,7-10,19H,3-6,11-18,20H2,(H,30,33). The maximum atomic E-state index is 14.6. The van der Waals surface area contributed by atoms with Crippen molar-refractivity contribution in [3.8, 4) is 0 Å². The highest BCUT2D eigenvalue weighted by atomic mass is 32.2. The van der Waals surface area contributed by atoms with Crippen molar-refractivity contribution in [1.29, 1.82) is 0 Å². The highest BCUT2D eigenvalue weighted by Crippen LogP contribution is 2.43. The summed E-state index contributed by atoms with van der Waals surface area (Å²) in [5, 5.41) is 2.77. The van der Waals surface area contributed by atoms with Gasteiger partial charge in [-0.15, -0.1) is 0 Å². The second-order valence-corrected chi connectivity index (χ2v) is 12.2. The van der Waals surface area contributed by atoms with E-state index < -0.39 is 39.7 Å². The molecule has 0 atom stereocenters. The second kappa shape index (κ2) is 11.6. The Morgan fingerprint density at radius 1 is 0.974 bits per heavy atom. The number of hydrogen-bond donors (Lipinski definition) is 1. The third-order valence-electron chi connectivity index (χ3n) is 7.87. The Morgan fingerprint density at radius 2 is 1.67 bits per heavy atom. The molecule has 5 rings (SSSR count). The third-order valence-corrected chi connectivity index (χ3v) is 9.76. The zero-order valence-corrected chi connectivity index (χ0v) is 22.7. The predicted molar refractivity (Wildman–Crippen MR) is 144 cm³/mol. The van der Waals surface area contributed by atoms with E-state index in [1.54, 1.807) is 30.3 Å². The summed E-state index contributed by atoms with van der Waals surface area (Å²) in [6.45, 7) is 2.20. The van der Waals surface area contributed by atoms with Crippen LogP contribution in [-0.4, -0.2) is 70.6 Å². The van der Waals surface area contributed by atoms with Gasteiger partial charge in [0.2, 0.25) is 10.0 Å². The number of benzene rings is 2. The second-order valence-electron chi connectivity index (χ2n) is 10.3. The van der Waals surface area contributed by atoms with Crippen molar-refractivity contribution in [3.05, 3.63) is 53.8 Å². The fourth-order valence-corrected chi connectivity index (χ4v) is 7.25. The van der Waals surface area contributed by atoms with E-state index in [-0.39, 0.29) is 18.0 Å². The Hall–Kier alpha value is -3.02. The lowest BCUT2D eigenvalue weighted by Crippen LogP contribution is -2.40. The van der Waals surface area contributed by atoms with Gasteiger partial charge in [-0.1, -0.05) is 31.0 Å². The molecule has 11 heteroatoms. The van der Waals surface area contributed by atoms with Crippen LogP contribution in [0.1, 0.15) is 44.1 Å². The molecular formula is C28H34FN3O6S. The summed E-state index contributed by atoms with van der Waals surface area (Å²) in [7, 11) is -3.78. The van der Waals surface area contributed by atoms with Crippen molar-refractivity contribution in [2.45, 2.75) is 48.8 Å². The molecule has 1 saturated carbocycles. The summed E-state index contributed by atoms with van der Waals surface area (Å²) < 4.78 is 53.3. The molecule has 210 valence electrons. The first-order chi connectivity index (χ1) is 18.8. The zero-order chi connectivity index (χ0) is 27.5. The molecule has 1 amide bonds. The average molecular weight is 560 g/mol. The smallest absolute Gasteiger partial charge is 0.317 e. The van der Waals surface area contributed by atoms with Crippen LogP contribution in [0.5, 0.6) is 0 Å². The quantitative estimate of drug-likeness (QED) is 0.494. The number of morpholine rings is 1. The van der Waals surface area contributed by atoms with Crippen molar-refractivity contribution in [2.75, 3.05) is 56.2 Å². The number of esters is 1. The van der Waals surface area contributed by atoms with E-state index in [1.165, 1.54) is 16.4 Å². The number of sulfonamides is 1. The van der Waals surface area contributed by atoms with E-state index in [2.05, 4.69) is 10.2 Å². The largest absolute Gasteiger partial charge is 0.455 e. The van der Waals surface area contributed by atoms with E-state index in [4.69, 9.17) is 9.47 Å². The van der Waals surface area contributed by atoms with Crippen LogP contribution in [0, 0.1) is 5.82 Å². The summed E-state index contributed by atoms with van der Waals surface area (Å²) in [4.78, 5) is 28.4. The van der Waals surface area contributed by atoms with Gasteiger partial charge in [-0.2, -0.15) is 4.31 Å². The number of carbonyl (C=O) groups excluding carboxylic acids is 2. The van der Waals surface area contributed by atoms with Crippen molar-refractivity contribution >= 4 is 33.3 Å². The highest BCUT2D eigenvalue weighted by Gasteiger charge is 2.46. The molecule has 2 aliphatic heterocycles. The Kier molecular flexibility index (Phi) is 8.20. The van der Waals surface area contributed by atoms with E-state index in [0.717, 1.165) is 38.8 Å². The average Bonchev–Trinajstić information content (AvgIpc) is 3.66. The Balaban J connectivity index is 1.34. The van der Waals surface area contributed by atoms with Crippen LogP contribution in [0.3, 0.4) is 0 Å². The number of halogens is 1. The number of amides is 1. The first-order valence-corrected chi connectivity index (χ1v) is 14.9. The van der Waals surface area contributed by atoms with E-state index in [1.807, 2.05) is 0 Å². The minimum absolute atomic E-state index is 0.0732. The van der Waals surface area contributed by atoms with Crippen LogP contribution >= 0.6 is 0 Å². The van der Waals surface area contributed by atoms with Gasteiger partial charge < -0.3 is 19.7 Å². The topological polar surface area (TPSA) is 105 Å². The van der Waals surface area contributed by atoms with Gasteiger partial charge in [0.05, 0.1) is 34.9 Å². The highest BCUT2D eigenvalue weighted by molar-refractivity contribution is 7.89. The van der Waals surface area contributed by atoms with Crippen LogP contribution in [0.2, 0.25) is 0 Å². The summed E-state index contributed by atoms with van der Waals surface area (Å²) in [5.41, 5.74) is 0.243. The number of anilines is 2. The summed E-state index contributed by atoms with van der Waals surface area (Å²) in [5.74, 6) is -1.68. The van der Waals surface area contributed by atoms with Crippen molar-refractivity contribution in [1.82, 2.24) is 4.31 Å². The molecule has 39 heavy (non-hydrogen) atoms. The minimum atomic E-state index is -3.78. The van der Waals surface area contributed by atoms with Gasteiger partial charge in [-0.25, -0.2) is 12.8 Å². The molecule has 2 heterocycles. The number of carbonyl (C=O) groups is 2. The summed E-state index contributed by atoms with van der Waals surface area (Å²) >= 11 is 0. The lowest BCUT2D eigenvalue weighted by Gasteiger charge is -2.28. The molecule has 1 aliphatic carbocycles. The fraction of sp³-hybridized carbons (Fsp3) is 0.500. The van der Waals surface area contributed by atoms with Gasteiger partial charge in [-0.05, 0) is 49.9 Å². The minimum Gasteiger partial charge on any atom is -0.455 e. The van der Waals surface area contributed by atoms with Crippen molar-refractivity contribution in [2.24, 2.45) is 0 Å². The van der Waals surface area contributed by atoms with Crippen LogP contribution in [0.15, 0.2) is 47.4 Å². The lowest BCUT2D eigenvalue weighted by molar-refractivity contribution is -0.153. The van der Waals surface area contributed by atoms with E-state index in [9.17, 15) is 22.4 Å². The monoisotopic (exact) mass is 559 g/mol. The molecule has 3 aliphatic rings. The van der Waals surface area contributed by atoms with Crippen LogP contribution in [0.25, 0.3) is 0 Å². The third kappa shape index (κ3) is 5.66. The van der Waals surface area contributed by atoms with E-state index in [0.29, 0.717) is 43.0 Å². The molecule has 0 spiro atoms. The first kappa shape index (κ1) is 27.5. The molecule has 2 saturated heterocycles. The Bertz CT molecular complexity index is 1320. The summed E-state index contributed by atoms with van der Waals surface area (Å²) in [6.07, 6.45) is 4.43. The maximum Gasteiger partial charge on any atom is 0.317 e. The molecule has 9 nitrogen and oxygen atoms in total. The fourth-order valence-electron chi connectivity index (χ4n) is 5.81. The first-order valence-electron chi connectivity index (χ1n) is 13.5. The Morgan fingerprint density at radius 3 is 2.36 bits per heavy atom. The van der Waals surface area contributed by atoms with Crippen molar-refractivity contribution < 1.29 is 31.9 Å². The number of ether oxygens (including phenoxy) is 2. The van der Waals surface area contributed by atoms with Gasteiger partial charge in [-0.3, -0.25) is 9.59 Å². The zero-order valence-electron chi connectivity index (χ0n) is 21.9. The molecule has 0 radical (unpaired) electrons. The van der Waals surface area contributed by atoms with Gasteiger partial charge >= 0.3 is 5.97 Å². The number of nitrogens with one attached hydrogen (secondary N) is 1. The molecular weight excluding hydrogens is 525 g/mol. The number of hydrogen-bond acceptors (Lipinski definition) is 7. The predicted octanol–water partition coefficient (Wildman–Crippen LogP) is 3.44. The van der Waals surface area contributed by atoms with Gasteiger partial charge in [0, 0.05) is 31.7 Å². The molecule has 2 aromatic carbocycles. The van der Waals surface area contributed by atoms with Crippen LogP contribution in [0.4, 0.5) is 15.8 Å². The van der Waals surface area contributed by atoms with Gasteiger partial charge in [0.25, 0.3) is 5.91 Å². The normalized spacial score (nSPS) is 19.7. The van der Waals surface area contributed by atoms with Crippen LogP contribution in [-0.2, 0) is 34.5 Å². The Labute approximate surface area is 228 Å². The number of rotatable bonds is 8. The molecule has 0 bridgehead atoms. The van der Waals surface area contributed by atoms with Crippen molar-refractivity contribution in [3.63, 3.8) is 0 Å². The van der Waals surface area contributed by atoms with Crippen LogP contribution < -0.4 is 10.2 Å². The van der Waals surface area contributed by atoms with Gasteiger partial charge in [0.1, 0.15) is 5.82 Å². The van der Waals surface area contributed by atoms with Gasteiger partial charge in [0.15, 0.2) is 6.61 Å². The number of nitrogens with zero attached hydrogens (tertiary/aromatic N) is 2. The molecule has 1 N–H and O–H groups in total. The summed E-state index contributed by atoms with van der Waals surface area (Å²) in [6, 6.07) is 10.9. The molecule has 3 fully saturated rings. The maximum absolute atomic E-state index is 14.6. The molecule has 0 aromatic heterocycles. The molecule has 0 unspecified atom stereocenters. The van der Waals surface area contributed by atoms with E-state index >= 15 is 0 Å². The lowest BCUT2D eigenvalue weighted by atomic mass is 9.78. The molecule has 2 aromatic rings. The SMILES string of the molecule is O=C(COC(=O)C1(c2ccccc2F)CCCC1)Nc1cc(S(=O)(=O)N2CCOCC2)ccc1N1CCCC1.